The van der Waals surface area contributed by atoms with Crippen LogP contribution in [0.2, 0.25) is 0 Å². The van der Waals surface area contributed by atoms with Crippen molar-refractivity contribution in [2.45, 2.75) is 39.3 Å². The maximum atomic E-state index is 11.5. The Morgan fingerprint density at radius 2 is 2.10 bits per heavy atom. The standard InChI is InChI=1S/C14H22N4O2S/c1-9-11(7-13(21-9)14(20)17-15)8-18-5-3-12(4-6-18)16-10(2)19/h7,12H,3-6,8,15H2,1-2H3,(H,16,19)(H,17,20). The lowest BCUT2D eigenvalue weighted by atomic mass is 10.0. The molecule has 1 aliphatic heterocycles. The van der Waals surface area contributed by atoms with Crippen LogP contribution in [0.4, 0.5) is 0 Å². The van der Waals surface area contributed by atoms with E-state index in [1.165, 1.54) is 16.9 Å². The Kier molecular flexibility index (Phi) is 5.33. The summed E-state index contributed by atoms with van der Waals surface area (Å²) in [6, 6.07) is 2.21. The maximum absolute atomic E-state index is 11.5. The second-order valence-corrected chi connectivity index (χ2v) is 6.67. The first-order valence-corrected chi connectivity index (χ1v) is 7.91. The number of thiophene rings is 1. The lowest BCUT2D eigenvalue weighted by Gasteiger charge is -2.32. The molecule has 0 spiro atoms. The highest BCUT2D eigenvalue weighted by atomic mass is 32.1. The Balaban J connectivity index is 1.90. The van der Waals surface area contributed by atoms with Crippen molar-refractivity contribution >= 4 is 23.2 Å². The van der Waals surface area contributed by atoms with Gasteiger partial charge in [0.15, 0.2) is 0 Å². The number of hydrazine groups is 1. The molecule has 0 bridgehead atoms. The van der Waals surface area contributed by atoms with Crippen LogP contribution in [0.25, 0.3) is 0 Å². The molecule has 2 rings (SSSR count). The summed E-state index contributed by atoms with van der Waals surface area (Å²) in [6.45, 7) is 6.34. The van der Waals surface area contributed by atoms with E-state index in [9.17, 15) is 9.59 Å². The number of hydrogen-bond acceptors (Lipinski definition) is 5. The van der Waals surface area contributed by atoms with Gasteiger partial charge in [-0.15, -0.1) is 11.3 Å². The van der Waals surface area contributed by atoms with Crippen LogP contribution in [-0.4, -0.2) is 35.8 Å². The van der Waals surface area contributed by atoms with E-state index in [2.05, 4.69) is 15.6 Å². The fourth-order valence-corrected chi connectivity index (χ4v) is 3.56. The van der Waals surface area contributed by atoms with Crippen LogP contribution in [0.1, 0.15) is 39.9 Å². The predicted octanol–water partition coefficient (Wildman–Crippen LogP) is 0.761. The van der Waals surface area contributed by atoms with Gasteiger partial charge in [0.05, 0.1) is 4.88 Å². The van der Waals surface area contributed by atoms with Gasteiger partial charge in [-0.1, -0.05) is 0 Å². The Hall–Kier alpha value is -1.44. The van der Waals surface area contributed by atoms with E-state index in [0.717, 1.165) is 37.4 Å². The molecule has 1 fully saturated rings. The molecule has 1 aliphatic rings. The van der Waals surface area contributed by atoms with Crippen molar-refractivity contribution in [1.82, 2.24) is 15.6 Å². The second kappa shape index (κ2) is 7.02. The summed E-state index contributed by atoms with van der Waals surface area (Å²) in [5.74, 6) is 4.97. The van der Waals surface area contributed by atoms with E-state index in [4.69, 9.17) is 5.84 Å². The lowest BCUT2D eigenvalue weighted by Crippen LogP contribution is -2.43. The van der Waals surface area contributed by atoms with Gasteiger partial charge >= 0.3 is 0 Å². The number of nitrogens with zero attached hydrogens (tertiary/aromatic N) is 1. The van der Waals surface area contributed by atoms with E-state index in [1.807, 2.05) is 13.0 Å². The van der Waals surface area contributed by atoms with Gasteiger partial charge in [0.2, 0.25) is 5.91 Å². The molecular weight excluding hydrogens is 288 g/mol. The number of carbonyl (C=O) groups excluding carboxylic acids is 2. The summed E-state index contributed by atoms with van der Waals surface area (Å²) < 4.78 is 0. The van der Waals surface area contributed by atoms with Crippen LogP contribution in [0.3, 0.4) is 0 Å². The van der Waals surface area contributed by atoms with E-state index < -0.39 is 0 Å². The smallest absolute Gasteiger partial charge is 0.275 e. The van der Waals surface area contributed by atoms with Crippen molar-refractivity contribution in [3.05, 3.63) is 21.4 Å². The number of nitrogen functional groups attached to an aromatic ring is 1. The minimum atomic E-state index is -0.237. The van der Waals surface area contributed by atoms with Crippen molar-refractivity contribution < 1.29 is 9.59 Å². The van der Waals surface area contributed by atoms with Gasteiger partial charge in [-0.2, -0.15) is 0 Å². The highest BCUT2D eigenvalue weighted by molar-refractivity contribution is 7.14. The first kappa shape index (κ1) is 15.9. The van der Waals surface area contributed by atoms with Gasteiger partial charge in [0.1, 0.15) is 0 Å². The Morgan fingerprint density at radius 1 is 1.43 bits per heavy atom. The molecule has 0 aliphatic carbocycles. The number of nitrogens with one attached hydrogen (secondary N) is 2. The average Bonchev–Trinajstić information content (AvgIpc) is 2.81. The summed E-state index contributed by atoms with van der Waals surface area (Å²) in [6.07, 6.45) is 1.94. The number of hydrogen-bond donors (Lipinski definition) is 3. The maximum Gasteiger partial charge on any atom is 0.275 e. The molecule has 116 valence electrons. The molecule has 4 N–H and O–H groups in total. The number of piperidine rings is 1. The molecule has 0 unspecified atom stereocenters. The third-order valence-corrected chi connectivity index (χ3v) is 4.86. The van der Waals surface area contributed by atoms with Gasteiger partial charge in [-0.05, 0) is 31.4 Å². The Labute approximate surface area is 128 Å². The van der Waals surface area contributed by atoms with Crippen molar-refractivity contribution in [2.24, 2.45) is 5.84 Å². The van der Waals surface area contributed by atoms with Gasteiger partial charge < -0.3 is 5.32 Å². The van der Waals surface area contributed by atoms with Crippen molar-refractivity contribution in [1.29, 1.82) is 0 Å². The van der Waals surface area contributed by atoms with Gasteiger partial charge in [-0.3, -0.25) is 19.9 Å². The zero-order chi connectivity index (χ0) is 15.4. The van der Waals surface area contributed by atoms with Crippen LogP contribution in [0.15, 0.2) is 6.07 Å². The molecule has 7 heteroatoms. The number of aryl methyl sites for hydroxylation is 1. The number of likely N-dealkylation sites (tertiary alicyclic amines) is 1. The summed E-state index contributed by atoms with van der Waals surface area (Å²) in [7, 11) is 0. The fraction of sp³-hybridized carbons (Fsp3) is 0.571. The molecule has 1 aromatic rings. The quantitative estimate of drug-likeness (QED) is 0.435. The minimum absolute atomic E-state index is 0.0413. The molecule has 0 aromatic carbocycles. The summed E-state index contributed by atoms with van der Waals surface area (Å²) >= 11 is 1.47. The zero-order valence-corrected chi connectivity index (χ0v) is 13.3. The first-order valence-electron chi connectivity index (χ1n) is 7.09. The number of nitrogens with two attached hydrogens (primary N) is 1. The molecule has 6 nitrogen and oxygen atoms in total. The molecule has 0 radical (unpaired) electrons. The highest BCUT2D eigenvalue weighted by Gasteiger charge is 2.21. The zero-order valence-electron chi connectivity index (χ0n) is 12.4. The summed E-state index contributed by atoms with van der Waals surface area (Å²) in [5, 5.41) is 2.97. The monoisotopic (exact) mass is 310 g/mol. The van der Waals surface area contributed by atoms with E-state index >= 15 is 0 Å². The predicted molar refractivity (Wildman–Crippen MR) is 82.8 cm³/mol. The van der Waals surface area contributed by atoms with Crippen LogP contribution < -0.4 is 16.6 Å². The molecule has 0 saturated carbocycles. The van der Waals surface area contributed by atoms with Crippen LogP contribution >= 0.6 is 11.3 Å². The minimum Gasteiger partial charge on any atom is -0.354 e. The topological polar surface area (TPSA) is 87.5 Å². The first-order chi connectivity index (χ1) is 9.99. The normalized spacial score (nSPS) is 16.7. The van der Waals surface area contributed by atoms with Crippen molar-refractivity contribution in [2.75, 3.05) is 13.1 Å². The summed E-state index contributed by atoms with van der Waals surface area (Å²) in [5.41, 5.74) is 3.34. The summed E-state index contributed by atoms with van der Waals surface area (Å²) in [4.78, 5) is 26.8. The van der Waals surface area contributed by atoms with E-state index in [-0.39, 0.29) is 11.8 Å². The molecule has 21 heavy (non-hydrogen) atoms. The Morgan fingerprint density at radius 3 is 2.67 bits per heavy atom. The third kappa shape index (κ3) is 4.26. The van der Waals surface area contributed by atoms with Gasteiger partial charge in [0.25, 0.3) is 5.91 Å². The largest absolute Gasteiger partial charge is 0.354 e. The van der Waals surface area contributed by atoms with Gasteiger partial charge in [0, 0.05) is 37.5 Å². The fourth-order valence-electron chi connectivity index (χ4n) is 2.62. The average molecular weight is 310 g/mol. The lowest BCUT2D eigenvalue weighted by molar-refractivity contribution is -0.119. The Bertz CT molecular complexity index is 521. The molecule has 1 saturated heterocycles. The second-order valence-electron chi connectivity index (χ2n) is 5.42. The number of carbonyl (C=O) groups is 2. The molecule has 1 aromatic heterocycles. The van der Waals surface area contributed by atoms with Gasteiger partial charge in [-0.25, -0.2) is 5.84 Å². The molecule has 2 amide bonds. The number of amides is 2. The van der Waals surface area contributed by atoms with E-state index in [0.29, 0.717) is 10.9 Å². The van der Waals surface area contributed by atoms with Crippen molar-refractivity contribution in [3.63, 3.8) is 0 Å². The molecule has 0 atom stereocenters. The van der Waals surface area contributed by atoms with Crippen LogP contribution in [0.5, 0.6) is 0 Å². The van der Waals surface area contributed by atoms with Crippen LogP contribution in [0, 0.1) is 6.92 Å². The third-order valence-electron chi connectivity index (χ3n) is 3.76. The van der Waals surface area contributed by atoms with E-state index in [1.54, 1.807) is 6.92 Å². The molecule has 2 heterocycles. The molecular formula is C14H22N4O2S. The highest BCUT2D eigenvalue weighted by Crippen LogP contribution is 2.24. The SMILES string of the molecule is CC(=O)NC1CCN(Cc2cc(C(=O)NN)sc2C)CC1. The van der Waals surface area contributed by atoms with Crippen LogP contribution in [-0.2, 0) is 11.3 Å². The van der Waals surface area contributed by atoms with Crippen molar-refractivity contribution in [3.8, 4) is 0 Å². The number of rotatable bonds is 4.